The van der Waals surface area contributed by atoms with E-state index in [1.807, 2.05) is 24.3 Å². The number of carbonyl (C=O) groups is 2. The van der Waals surface area contributed by atoms with Crippen LogP contribution in [0.15, 0.2) is 48.5 Å². The molecule has 6 nitrogen and oxygen atoms in total. The van der Waals surface area contributed by atoms with Crippen molar-refractivity contribution in [2.45, 2.75) is 50.5 Å². The van der Waals surface area contributed by atoms with Crippen molar-refractivity contribution in [2.24, 2.45) is 0 Å². The summed E-state index contributed by atoms with van der Waals surface area (Å²) >= 11 is 0. The maximum atomic E-state index is 13.7. The molecule has 4 rings (SSSR count). The number of rotatable bonds is 9. The molecule has 32 heavy (non-hydrogen) atoms. The van der Waals surface area contributed by atoms with Crippen LogP contribution in [0.2, 0.25) is 0 Å². The van der Waals surface area contributed by atoms with Crippen LogP contribution in [0, 0.1) is 0 Å². The minimum absolute atomic E-state index is 0.0206. The number of carboxylic acid groups (broad SMARTS) is 1. The van der Waals surface area contributed by atoms with Crippen LogP contribution >= 0.6 is 0 Å². The van der Waals surface area contributed by atoms with Gasteiger partial charge in [0.2, 0.25) is 5.91 Å². The molecule has 2 aromatic carbocycles. The molecule has 0 bridgehead atoms. The van der Waals surface area contributed by atoms with Crippen molar-refractivity contribution in [1.29, 1.82) is 0 Å². The Kier molecular flexibility index (Phi) is 6.80. The van der Waals surface area contributed by atoms with E-state index in [1.165, 1.54) is 0 Å². The van der Waals surface area contributed by atoms with Gasteiger partial charge in [-0.3, -0.25) is 4.79 Å². The molecule has 0 aromatic heterocycles. The summed E-state index contributed by atoms with van der Waals surface area (Å²) in [4.78, 5) is 26.9. The number of fused-ring (bicyclic) bond motifs is 3. The Hall–Kier alpha value is -2.86. The predicted molar refractivity (Wildman–Crippen MR) is 126 cm³/mol. The zero-order valence-electron chi connectivity index (χ0n) is 18.8. The number of hydrogen-bond donors (Lipinski definition) is 3. The van der Waals surface area contributed by atoms with Gasteiger partial charge in [0.15, 0.2) is 0 Å². The zero-order chi connectivity index (χ0) is 22.6. The van der Waals surface area contributed by atoms with E-state index in [0.29, 0.717) is 6.54 Å². The molecule has 1 saturated heterocycles. The second-order valence-electron chi connectivity index (χ2n) is 8.95. The molecule has 2 aromatic rings. The van der Waals surface area contributed by atoms with Gasteiger partial charge in [0.05, 0.1) is 0 Å². The van der Waals surface area contributed by atoms with E-state index in [9.17, 15) is 9.59 Å². The Balaban J connectivity index is 1.50. The highest BCUT2D eigenvalue weighted by atomic mass is 16.4. The number of benzene rings is 2. The molecular weight excluding hydrogens is 402 g/mol. The summed E-state index contributed by atoms with van der Waals surface area (Å²) in [7, 11) is 0. The number of unbranched alkanes of at least 4 members (excludes halogenated alkanes) is 1. The number of amides is 2. The Morgan fingerprint density at radius 2 is 1.72 bits per heavy atom. The smallest absolute Gasteiger partial charge is 0.404 e. The van der Waals surface area contributed by atoms with Crippen molar-refractivity contribution >= 4 is 12.0 Å². The molecule has 1 fully saturated rings. The third kappa shape index (κ3) is 4.24. The van der Waals surface area contributed by atoms with Crippen LogP contribution < -0.4 is 10.6 Å². The van der Waals surface area contributed by atoms with E-state index in [4.69, 9.17) is 5.11 Å². The standard InChI is InChI=1S/C26H33N3O3/c1-2-15-27-24(30)26(14-7-8-16-29-17-13-19(18-29)28-25(31)32)22-11-5-3-9-20(22)21-10-4-6-12-23(21)26/h3-6,9-12,19,28H,2,7-8,13-18H2,1H3,(H,27,30)(H,31,32). The molecule has 1 atom stereocenters. The monoisotopic (exact) mass is 435 g/mol. The van der Waals surface area contributed by atoms with Gasteiger partial charge in [-0.1, -0.05) is 61.9 Å². The predicted octanol–water partition coefficient (Wildman–Crippen LogP) is 3.99. The molecule has 1 unspecified atom stereocenters. The third-order valence-corrected chi connectivity index (χ3v) is 6.86. The first-order valence-electron chi connectivity index (χ1n) is 11.8. The summed E-state index contributed by atoms with van der Waals surface area (Å²) in [6.07, 6.45) is 3.49. The van der Waals surface area contributed by atoms with Gasteiger partial charge in [-0.15, -0.1) is 0 Å². The summed E-state index contributed by atoms with van der Waals surface area (Å²) in [5.41, 5.74) is 3.90. The van der Waals surface area contributed by atoms with Crippen LogP contribution in [0.25, 0.3) is 11.1 Å². The van der Waals surface area contributed by atoms with Crippen LogP contribution in [0.5, 0.6) is 0 Å². The number of nitrogens with zero attached hydrogens (tertiary/aromatic N) is 1. The lowest BCUT2D eigenvalue weighted by Crippen LogP contribution is -2.44. The Morgan fingerprint density at radius 1 is 1.06 bits per heavy atom. The second kappa shape index (κ2) is 9.74. The Labute approximate surface area is 190 Å². The largest absolute Gasteiger partial charge is 0.465 e. The first kappa shape index (κ1) is 22.3. The van der Waals surface area contributed by atoms with Gasteiger partial charge in [-0.05, 0) is 54.5 Å². The van der Waals surface area contributed by atoms with Crippen LogP contribution in [0.3, 0.4) is 0 Å². The summed E-state index contributed by atoms with van der Waals surface area (Å²) < 4.78 is 0. The highest BCUT2D eigenvalue weighted by Gasteiger charge is 2.48. The fourth-order valence-corrected chi connectivity index (χ4v) is 5.40. The highest BCUT2D eigenvalue weighted by Crippen LogP contribution is 2.51. The summed E-state index contributed by atoms with van der Waals surface area (Å²) in [6, 6.07) is 16.7. The summed E-state index contributed by atoms with van der Waals surface area (Å²) in [5.74, 6) is 0.101. The van der Waals surface area contributed by atoms with Crippen molar-refractivity contribution in [2.75, 3.05) is 26.2 Å². The molecule has 0 radical (unpaired) electrons. The van der Waals surface area contributed by atoms with Gasteiger partial charge in [-0.2, -0.15) is 0 Å². The Bertz CT molecular complexity index is 929. The van der Waals surface area contributed by atoms with Crippen LogP contribution in [-0.4, -0.2) is 54.2 Å². The van der Waals surface area contributed by atoms with Crippen molar-refractivity contribution in [3.05, 3.63) is 59.7 Å². The highest BCUT2D eigenvalue weighted by molar-refractivity contribution is 6.00. The fourth-order valence-electron chi connectivity index (χ4n) is 5.40. The molecular formula is C26H33N3O3. The first-order chi connectivity index (χ1) is 15.6. The zero-order valence-corrected chi connectivity index (χ0v) is 18.8. The molecule has 1 aliphatic carbocycles. The van der Waals surface area contributed by atoms with E-state index in [-0.39, 0.29) is 11.9 Å². The van der Waals surface area contributed by atoms with Gasteiger partial charge in [0.1, 0.15) is 5.41 Å². The number of likely N-dealkylation sites (tertiary alicyclic amines) is 1. The number of carbonyl (C=O) groups excluding carboxylic acids is 1. The van der Waals surface area contributed by atoms with Gasteiger partial charge in [0, 0.05) is 25.7 Å². The fraction of sp³-hybridized carbons (Fsp3) is 0.462. The summed E-state index contributed by atoms with van der Waals surface area (Å²) in [5, 5.41) is 14.7. The lowest BCUT2D eigenvalue weighted by Gasteiger charge is -2.31. The molecule has 6 heteroatoms. The molecule has 2 aliphatic rings. The number of hydrogen-bond acceptors (Lipinski definition) is 3. The van der Waals surface area contributed by atoms with Crippen molar-refractivity contribution in [3.63, 3.8) is 0 Å². The van der Waals surface area contributed by atoms with E-state index in [1.54, 1.807) is 0 Å². The molecule has 2 amide bonds. The molecule has 1 heterocycles. The van der Waals surface area contributed by atoms with Crippen molar-refractivity contribution in [1.82, 2.24) is 15.5 Å². The molecule has 0 spiro atoms. The van der Waals surface area contributed by atoms with E-state index >= 15 is 0 Å². The average molecular weight is 436 g/mol. The maximum Gasteiger partial charge on any atom is 0.404 e. The summed E-state index contributed by atoms with van der Waals surface area (Å²) in [6.45, 7) is 5.36. The molecule has 1 aliphatic heterocycles. The molecule has 0 saturated carbocycles. The van der Waals surface area contributed by atoms with Gasteiger partial charge in [-0.25, -0.2) is 4.79 Å². The number of nitrogens with one attached hydrogen (secondary N) is 2. The topological polar surface area (TPSA) is 81.7 Å². The lowest BCUT2D eigenvalue weighted by molar-refractivity contribution is -0.125. The van der Waals surface area contributed by atoms with Crippen LogP contribution in [0.4, 0.5) is 4.79 Å². The van der Waals surface area contributed by atoms with Gasteiger partial charge < -0.3 is 20.6 Å². The average Bonchev–Trinajstić information content (AvgIpc) is 3.35. The quantitative estimate of drug-likeness (QED) is 0.520. The van der Waals surface area contributed by atoms with Crippen molar-refractivity contribution in [3.8, 4) is 11.1 Å². The first-order valence-corrected chi connectivity index (χ1v) is 11.8. The second-order valence-corrected chi connectivity index (χ2v) is 8.95. The van der Waals surface area contributed by atoms with Gasteiger partial charge in [0.25, 0.3) is 0 Å². The lowest BCUT2D eigenvalue weighted by atomic mass is 9.73. The van der Waals surface area contributed by atoms with E-state index in [2.05, 4.69) is 46.7 Å². The SMILES string of the molecule is CCCNC(=O)C1(CCCCN2CCC(NC(=O)O)C2)c2ccccc2-c2ccccc21. The molecule has 170 valence electrons. The van der Waals surface area contributed by atoms with Crippen LogP contribution in [0.1, 0.15) is 50.2 Å². The maximum absolute atomic E-state index is 13.7. The third-order valence-electron chi connectivity index (χ3n) is 6.86. The van der Waals surface area contributed by atoms with E-state index in [0.717, 1.165) is 74.0 Å². The van der Waals surface area contributed by atoms with Crippen molar-refractivity contribution < 1.29 is 14.7 Å². The van der Waals surface area contributed by atoms with Gasteiger partial charge >= 0.3 is 6.09 Å². The Morgan fingerprint density at radius 3 is 2.34 bits per heavy atom. The van der Waals surface area contributed by atoms with Crippen LogP contribution in [-0.2, 0) is 10.2 Å². The minimum atomic E-state index is -0.949. The minimum Gasteiger partial charge on any atom is -0.465 e. The van der Waals surface area contributed by atoms with E-state index < -0.39 is 11.5 Å². The normalized spacial score (nSPS) is 18.7. The molecule has 3 N–H and O–H groups in total.